The van der Waals surface area contributed by atoms with Crippen LogP contribution in [0.15, 0.2) is 36.4 Å². The molecule has 13 heteroatoms. The fourth-order valence-electron chi connectivity index (χ4n) is 4.02. The van der Waals surface area contributed by atoms with Gasteiger partial charge in [0, 0.05) is 37.2 Å². The van der Waals surface area contributed by atoms with Crippen molar-refractivity contribution >= 4 is 45.8 Å². The number of aliphatic hydroxyl groups excluding tert-OH is 1. The molecule has 37 heavy (non-hydrogen) atoms. The molecule has 0 spiro atoms. The Balaban J connectivity index is 1.64. The summed E-state index contributed by atoms with van der Waals surface area (Å²) in [7, 11) is 1.49. The SMILES string of the molecule is COc1cc(C(N)=O)cc2nc(N)n(C/C=C/Cn3c(N)nc4cc(C(N)=O)cc(OCCCO)c43)c12. The van der Waals surface area contributed by atoms with Crippen LogP contribution in [0.2, 0.25) is 0 Å². The molecule has 0 aliphatic carbocycles. The lowest BCUT2D eigenvalue weighted by atomic mass is 10.1. The molecule has 0 aliphatic rings. The third-order valence-electron chi connectivity index (χ3n) is 5.76. The number of aliphatic hydroxyl groups is 1. The summed E-state index contributed by atoms with van der Waals surface area (Å²) < 4.78 is 14.7. The maximum Gasteiger partial charge on any atom is 0.248 e. The van der Waals surface area contributed by atoms with Crippen LogP contribution >= 0.6 is 0 Å². The molecule has 13 nitrogen and oxygen atoms in total. The van der Waals surface area contributed by atoms with E-state index < -0.39 is 11.8 Å². The van der Waals surface area contributed by atoms with E-state index in [4.69, 9.17) is 37.5 Å². The Morgan fingerprint density at radius 3 is 1.84 bits per heavy atom. The van der Waals surface area contributed by atoms with Gasteiger partial charge in [0.05, 0.1) is 24.8 Å². The molecular formula is C24H28N8O5. The van der Waals surface area contributed by atoms with Gasteiger partial charge in [0.15, 0.2) is 0 Å². The number of carbonyl (C=O) groups is 2. The first kappa shape index (κ1) is 25.3. The summed E-state index contributed by atoms with van der Waals surface area (Å²) in [6.07, 6.45) is 4.15. The van der Waals surface area contributed by atoms with E-state index in [0.717, 1.165) is 0 Å². The van der Waals surface area contributed by atoms with Crippen LogP contribution in [0.25, 0.3) is 22.1 Å². The van der Waals surface area contributed by atoms with Gasteiger partial charge in [0.2, 0.25) is 23.7 Å². The Hall–Kier alpha value is -4.78. The van der Waals surface area contributed by atoms with Crippen molar-refractivity contribution in [2.24, 2.45) is 11.5 Å². The topological polar surface area (TPSA) is 213 Å². The molecular weight excluding hydrogens is 480 g/mol. The minimum absolute atomic E-state index is 0.0382. The monoisotopic (exact) mass is 508 g/mol. The molecule has 4 aromatic rings. The molecule has 9 N–H and O–H groups in total. The summed E-state index contributed by atoms with van der Waals surface area (Å²) in [4.78, 5) is 32.1. The van der Waals surface area contributed by atoms with E-state index in [9.17, 15) is 9.59 Å². The molecule has 0 aliphatic heterocycles. The van der Waals surface area contributed by atoms with E-state index in [1.54, 1.807) is 27.3 Å². The van der Waals surface area contributed by atoms with Crippen molar-refractivity contribution in [2.75, 3.05) is 31.8 Å². The van der Waals surface area contributed by atoms with Gasteiger partial charge in [-0.05, 0) is 24.3 Å². The first-order chi connectivity index (χ1) is 17.7. The molecule has 2 heterocycles. The van der Waals surface area contributed by atoms with E-state index in [1.807, 2.05) is 12.2 Å². The number of nitrogens with zero attached hydrogens (tertiary/aromatic N) is 4. The Kier molecular flexibility index (Phi) is 7.15. The van der Waals surface area contributed by atoms with Gasteiger partial charge < -0.3 is 46.6 Å². The number of nitrogen functional groups attached to an aromatic ring is 2. The van der Waals surface area contributed by atoms with Gasteiger partial charge in [0.1, 0.15) is 22.5 Å². The number of rotatable bonds is 11. The predicted octanol–water partition coefficient (Wildman–Crippen LogP) is 0.774. The van der Waals surface area contributed by atoms with Gasteiger partial charge in [-0.3, -0.25) is 9.59 Å². The fourth-order valence-corrected chi connectivity index (χ4v) is 4.02. The minimum atomic E-state index is -0.620. The normalized spacial score (nSPS) is 11.5. The van der Waals surface area contributed by atoms with Crippen molar-refractivity contribution < 1.29 is 24.2 Å². The molecule has 0 atom stereocenters. The van der Waals surface area contributed by atoms with Crippen LogP contribution in [0, 0.1) is 0 Å². The molecule has 0 unspecified atom stereocenters. The Bertz CT molecular complexity index is 1520. The van der Waals surface area contributed by atoms with Gasteiger partial charge >= 0.3 is 0 Å². The molecule has 0 bridgehead atoms. The fraction of sp³-hybridized carbons (Fsp3) is 0.250. The molecule has 0 saturated carbocycles. The first-order valence-electron chi connectivity index (χ1n) is 11.4. The third kappa shape index (κ3) is 4.97. The number of fused-ring (bicyclic) bond motifs is 2. The maximum atomic E-state index is 11.8. The highest BCUT2D eigenvalue weighted by atomic mass is 16.5. The number of imidazole rings is 2. The number of ether oxygens (including phenoxy) is 2. The quantitative estimate of drug-likeness (QED) is 0.143. The summed E-state index contributed by atoms with van der Waals surface area (Å²) in [5.41, 5.74) is 25.8. The van der Waals surface area contributed by atoms with Crippen molar-refractivity contribution in [1.82, 2.24) is 19.1 Å². The number of anilines is 2. The smallest absolute Gasteiger partial charge is 0.248 e. The summed E-state index contributed by atoms with van der Waals surface area (Å²) in [6, 6.07) is 6.20. The van der Waals surface area contributed by atoms with Crippen molar-refractivity contribution in [3.63, 3.8) is 0 Å². The number of allylic oxidation sites excluding steroid dienone is 2. The van der Waals surface area contributed by atoms with Crippen LogP contribution in [-0.4, -0.2) is 56.3 Å². The zero-order valence-electron chi connectivity index (χ0n) is 20.2. The Morgan fingerprint density at radius 2 is 1.38 bits per heavy atom. The summed E-state index contributed by atoms with van der Waals surface area (Å²) in [5, 5.41) is 9.09. The highest BCUT2D eigenvalue weighted by Gasteiger charge is 2.18. The van der Waals surface area contributed by atoms with Crippen LogP contribution in [0.4, 0.5) is 11.9 Å². The number of hydrogen-bond acceptors (Lipinski definition) is 9. The second kappa shape index (κ2) is 10.5. The zero-order valence-corrected chi connectivity index (χ0v) is 20.2. The van der Waals surface area contributed by atoms with Gasteiger partial charge in [-0.25, -0.2) is 9.97 Å². The average molecular weight is 509 g/mol. The highest BCUT2D eigenvalue weighted by Crippen LogP contribution is 2.31. The number of nitrogens with two attached hydrogens (primary N) is 4. The van der Waals surface area contributed by atoms with Crippen molar-refractivity contribution in [3.8, 4) is 11.5 Å². The second-order valence-electron chi connectivity index (χ2n) is 8.18. The molecule has 0 radical (unpaired) electrons. The van der Waals surface area contributed by atoms with E-state index in [2.05, 4.69) is 9.97 Å². The number of benzene rings is 2. The number of carbonyl (C=O) groups excluding carboxylic acids is 2. The third-order valence-corrected chi connectivity index (χ3v) is 5.76. The average Bonchev–Trinajstić information content (AvgIpc) is 3.36. The van der Waals surface area contributed by atoms with E-state index in [0.29, 0.717) is 53.1 Å². The molecule has 0 saturated heterocycles. The molecule has 0 fully saturated rings. The Labute approximate surface area is 211 Å². The number of primary amides is 2. The van der Waals surface area contributed by atoms with Crippen LogP contribution in [-0.2, 0) is 13.1 Å². The molecule has 4 rings (SSSR count). The van der Waals surface area contributed by atoms with Gasteiger partial charge in [-0.2, -0.15) is 0 Å². The number of methoxy groups -OCH3 is 1. The lowest BCUT2D eigenvalue weighted by molar-refractivity contribution is 0.0991. The van der Waals surface area contributed by atoms with Crippen LogP contribution < -0.4 is 32.4 Å². The van der Waals surface area contributed by atoms with E-state index in [1.165, 1.54) is 13.2 Å². The standard InChI is InChI=1S/C24H28N8O5/c1-36-17-11-13(21(25)34)9-15-19(17)31(23(27)29-15)5-2-3-6-32-20-16(30-24(32)28)10-14(22(26)35)12-18(20)37-8-4-7-33/h2-3,9-12,33H,4-8H2,1H3,(H2,25,34)(H2,26,35)(H2,27,29)(H2,28,30)/b3-2+. The van der Waals surface area contributed by atoms with Crippen LogP contribution in [0.5, 0.6) is 11.5 Å². The van der Waals surface area contributed by atoms with Gasteiger partial charge in [-0.15, -0.1) is 0 Å². The molecule has 2 aromatic heterocycles. The van der Waals surface area contributed by atoms with Gasteiger partial charge in [0.25, 0.3) is 0 Å². The highest BCUT2D eigenvalue weighted by molar-refractivity contribution is 5.99. The molecule has 2 aromatic carbocycles. The van der Waals surface area contributed by atoms with Crippen LogP contribution in [0.3, 0.4) is 0 Å². The van der Waals surface area contributed by atoms with E-state index >= 15 is 0 Å². The molecule has 2 amide bonds. The largest absolute Gasteiger partial charge is 0.494 e. The van der Waals surface area contributed by atoms with Crippen molar-refractivity contribution in [3.05, 3.63) is 47.5 Å². The maximum absolute atomic E-state index is 11.8. The second-order valence-corrected chi connectivity index (χ2v) is 8.18. The summed E-state index contributed by atoms with van der Waals surface area (Å²) in [5.74, 6) is 0.0552. The zero-order chi connectivity index (χ0) is 26.7. The predicted molar refractivity (Wildman–Crippen MR) is 138 cm³/mol. The lowest BCUT2D eigenvalue weighted by Gasteiger charge is -2.11. The van der Waals surface area contributed by atoms with E-state index in [-0.39, 0.29) is 36.2 Å². The van der Waals surface area contributed by atoms with Crippen LogP contribution in [0.1, 0.15) is 27.1 Å². The lowest BCUT2D eigenvalue weighted by Crippen LogP contribution is -2.12. The minimum Gasteiger partial charge on any atom is -0.494 e. The number of hydrogen-bond donors (Lipinski definition) is 5. The Morgan fingerprint density at radius 1 is 0.892 bits per heavy atom. The summed E-state index contributed by atoms with van der Waals surface area (Å²) >= 11 is 0. The first-order valence-corrected chi connectivity index (χ1v) is 11.4. The number of aromatic nitrogens is 4. The summed E-state index contributed by atoms with van der Waals surface area (Å²) in [6.45, 7) is 0.890. The molecule has 194 valence electrons. The van der Waals surface area contributed by atoms with Crippen molar-refractivity contribution in [1.29, 1.82) is 0 Å². The van der Waals surface area contributed by atoms with Crippen molar-refractivity contribution in [2.45, 2.75) is 19.5 Å². The van der Waals surface area contributed by atoms with Gasteiger partial charge in [-0.1, -0.05) is 12.2 Å². The number of amides is 2.